The lowest BCUT2D eigenvalue weighted by atomic mass is 10.1. The first kappa shape index (κ1) is 23.0. The van der Waals surface area contributed by atoms with Crippen LogP contribution >= 0.6 is 0 Å². The molecule has 0 aliphatic carbocycles. The molecule has 0 spiro atoms. The predicted molar refractivity (Wildman–Crippen MR) is 120 cm³/mol. The second kappa shape index (κ2) is 8.96. The van der Waals surface area contributed by atoms with Crippen molar-refractivity contribution in [3.63, 3.8) is 0 Å². The standard InChI is InChI=1S/C22H20F3N7O2/c1-30(2)17-8-6-16(7-9-17)27-18(33)12-31-13-26-20-19(21(31)34)28-29-32(20)11-14-4-3-5-15(10-14)22(23,24)25/h3-10,13H,11-12H2,1-2H3,(H,27,33). The van der Waals surface area contributed by atoms with E-state index in [-0.39, 0.29) is 24.3 Å². The summed E-state index contributed by atoms with van der Waals surface area (Å²) in [6, 6.07) is 12.0. The molecular weight excluding hydrogens is 451 g/mol. The Kier molecular flexibility index (Phi) is 6.05. The van der Waals surface area contributed by atoms with Gasteiger partial charge in [-0.25, -0.2) is 9.67 Å². The summed E-state index contributed by atoms with van der Waals surface area (Å²) < 4.78 is 41.2. The number of amides is 1. The van der Waals surface area contributed by atoms with Gasteiger partial charge in [-0.05, 0) is 42.0 Å². The van der Waals surface area contributed by atoms with Gasteiger partial charge < -0.3 is 10.2 Å². The van der Waals surface area contributed by atoms with Crippen LogP contribution in [0.2, 0.25) is 0 Å². The van der Waals surface area contributed by atoms with Gasteiger partial charge in [-0.1, -0.05) is 17.3 Å². The second-order valence-electron chi connectivity index (χ2n) is 7.78. The van der Waals surface area contributed by atoms with Crippen molar-refractivity contribution in [1.29, 1.82) is 0 Å². The quantitative estimate of drug-likeness (QED) is 0.465. The van der Waals surface area contributed by atoms with Crippen molar-refractivity contribution in [2.75, 3.05) is 24.3 Å². The third-order valence-electron chi connectivity index (χ3n) is 5.06. The van der Waals surface area contributed by atoms with Crippen LogP contribution in [0.5, 0.6) is 0 Å². The maximum atomic E-state index is 13.0. The van der Waals surface area contributed by atoms with Crippen molar-refractivity contribution in [2.24, 2.45) is 0 Å². The second-order valence-corrected chi connectivity index (χ2v) is 7.78. The zero-order chi connectivity index (χ0) is 24.5. The van der Waals surface area contributed by atoms with E-state index in [2.05, 4.69) is 20.6 Å². The normalized spacial score (nSPS) is 11.6. The Morgan fingerprint density at radius 3 is 2.53 bits per heavy atom. The molecule has 12 heteroatoms. The lowest BCUT2D eigenvalue weighted by Gasteiger charge is -2.13. The minimum absolute atomic E-state index is 0.0553. The number of anilines is 2. The number of aromatic nitrogens is 5. The summed E-state index contributed by atoms with van der Waals surface area (Å²) in [7, 11) is 3.80. The highest BCUT2D eigenvalue weighted by Gasteiger charge is 2.30. The zero-order valence-electron chi connectivity index (χ0n) is 18.2. The molecule has 4 aromatic rings. The van der Waals surface area contributed by atoms with Crippen LogP contribution in [0, 0.1) is 0 Å². The maximum absolute atomic E-state index is 13.0. The van der Waals surface area contributed by atoms with Gasteiger partial charge in [0.05, 0.1) is 12.1 Å². The van der Waals surface area contributed by atoms with E-state index in [0.717, 1.165) is 22.4 Å². The fourth-order valence-corrected chi connectivity index (χ4v) is 3.32. The van der Waals surface area contributed by atoms with Crippen LogP contribution in [-0.4, -0.2) is 44.5 Å². The number of carbonyl (C=O) groups is 1. The molecule has 0 aliphatic rings. The van der Waals surface area contributed by atoms with Gasteiger partial charge in [0.2, 0.25) is 5.91 Å². The third-order valence-corrected chi connectivity index (χ3v) is 5.06. The van der Waals surface area contributed by atoms with Gasteiger partial charge in [-0.3, -0.25) is 14.2 Å². The molecule has 0 saturated heterocycles. The van der Waals surface area contributed by atoms with Crippen LogP contribution in [0.15, 0.2) is 59.7 Å². The van der Waals surface area contributed by atoms with Crippen LogP contribution in [0.3, 0.4) is 0 Å². The molecule has 0 fully saturated rings. The van der Waals surface area contributed by atoms with E-state index in [4.69, 9.17) is 0 Å². The molecule has 0 radical (unpaired) electrons. The highest BCUT2D eigenvalue weighted by Crippen LogP contribution is 2.29. The Morgan fingerprint density at radius 1 is 1.12 bits per heavy atom. The first-order valence-electron chi connectivity index (χ1n) is 10.1. The number of rotatable bonds is 6. The van der Waals surface area contributed by atoms with Crippen LogP contribution in [0.1, 0.15) is 11.1 Å². The van der Waals surface area contributed by atoms with E-state index in [0.29, 0.717) is 11.3 Å². The van der Waals surface area contributed by atoms with Crippen molar-refractivity contribution in [2.45, 2.75) is 19.3 Å². The summed E-state index contributed by atoms with van der Waals surface area (Å²) in [5.41, 5.74) is 0.524. The molecule has 0 unspecified atom stereocenters. The average molecular weight is 471 g/mol. The SMILES string of the molecule is CN(C)c1ccc(NC(=O)Cn2cnc3c(nnn3Cc3cccc(C(F)(F)F)c3)c2=O)cc1. The van der Waals surface area contributed by atoms with Crippen LogP contribution < -0.4 is 15.8 Å². The van der Waals surface area contributed by atoms with Crippen molar-refractivity contribution in [3.8, 4) is 0 Å². The van der Waals surface area contributed by atoms with Gasteiger partial charge in [0, 0.05) is 25.5 Å². The molecule has 1 amide bonds. The molecule has 0 saturated carbocycles. The van der Waals surface area contributed by atoms with Gasteiger partial charge in [0.15, 0.2) is 11.2 Å². The predicted octanol–water partition coefficient (Wildman–Crippen LogP) is 2.76. The van der Waals surface area contributed by atoms with Crippen molar-refractivity contribution >= 4 is 28.4 Å². The van der Waals surface area contributed by atoms with Crippen molar-refractivity contribution in [1.82, 2.24) is 24.5 Å². The number of nitrogens with one attached hydrogen (secondary N) is 1. The van der Waals surface area contributed by atoms with Crippen molar-refractivity contribution in [3.05, 3.63) is 76.3 Å². The fourth-order valence-electron chi connectivity index (χ4n) is 3.32. The van der Waals surface area contributed by atoms with Gasteiger partial charge in [0.1, 0.15) is 12.9 Å². The molecule has 0 bridgehead atoms. The largest absolute Gasteiger partial charge is 0.416 e. The molecule has 2 heterocycles. The smallest absolute Gasteiger partial charge is 0.378 e. The monoisotopic (exact) mass is 471 g/mol. The molecule has 9 nitrogen and oxygen atoms in total. The molecule has 4 rings (SSSR count). The van der Waals surface area contributed by atoms with E-state index < -0.39 is 23.2 Å². The first-order valence-corrected chi connectivity index (χ1v) is 10.1. The average Bonchev–Trinajstić information content (AvgIpc) is 3.19. The number of hydrogen-bond donors (Lipinski definition) is 1. The molecule has 34 heavy (non-hydrogen) atoms. The number of alkyl halides is 3. The third kappa shape index (κ3) is 4.90. The van der Waals surface area contributed by atoms with Crippen LogP contribution in [0.25, 0.3) is 11.2 Å². The number of hydrogen-bond acceptors (Lipinski definition) is 6. The first-order chi connectivity index (χ1) is 16.1. The van der Waals surface area contributed by atoms with E-state index in [1.807, 2.05) is 31.1 Å². The lowest BCUT2D eigenvalue weighted by molar-refractivity contribution is -0.137. The summed E-state index contributed by atoms with van der Waals surface area (Å²) in [5.74, 6) is -0.433. The molecule has 2 aromatic carbocycles. The molecule has 0 atom stereocenters. The Labute approximate surface area is 191 Å². The Balaban J connectivity index is 1.51. The summed E-state index contributed by atoms with van der Waals surface area (Å²) in [6.45, 7) is -0.349. The number of fused-ring (bicyclic) bond motifs is 1. The lowest BCUT2D eigenvalue weighted by Crippen LogP contribution is -2.28. The molecule has 176 valence electrons. The zero-order valence-corrected chi connectivity index (χ0v) is 18.2. The molecule has 2 aromatic heterocycles. The van der Waals surface area contributed by atoms with E-state index in [9.17, 15) is 22.8 Å². The van der Waals surface area contributed by atoms with E-state index in [1.165, 1.54) is 23.1 Å². The number of halogens is 3. The minimum Gasteiger partial charge on any atom is -0.378 e. The summed E-state index contributed by atoms with van der Waals surface area (Å²) in [4.78, 5) is 31.2. The highest BCUT2D eigenvalue weighted by atomic mass is 19.4. The van der Waals surface area contributed by atoms with Gasteiger partial charge in [-0.15, -0.1) is 5.10 Å². The van der Waals surface area contributed by atoms with E-state index in [1.54, 1.807) is 12.1 Å². The summed E-state index contributed by atoms with van der Waals surface area (Å²) in [5, 5.41) is 10.4. The molecule has 1 N–H and O–H groups in total. The van der Waals surface area contributed by atoms with E-state index >= 15 is 0 Å². The molecule has 0 aliphatic heterocycles. The summed E-state index contributed by atoms with van der Waals surface area (Å²) >= 11 is 0. The number of carbonyl (C=O) groups excluding carboxylic acids is 1. The maximum Gasteiger partial charge on any atom is 0.416 e. The van der Waals surface area contributed by atoms with Gasteiger partial charge in [0.25, 0.3) is 5.56 Å². The Bertz CT molecular complexity index is 1390. The topological polar surface area (TPSA) is 97.9 Å². The Morgan fingerprint density at radius 2 is 1.85 bits per heavy atom. The number of benzene rings is 2. The Hall–Kier alpha value is -4.22. The van der Waals surface area contributed by atoms with Gasteiger partial charge >= 0.3 is 6.18 Å². The fraction of sp³-hybridized carbons (Fsp3) is 0.227. The molecular formula is C22H20F3N7O2. The van der Waals surface area contributed by atoms with Crippen LogP contribution in [-0.2, 0) is 24.1 Å². The van der Waals surface area contributed by atoms with Crippen LogP contribution in [0.4, 0.5) is 24.5 Å². The van der Waals surface area contributed by atoms with Gasteiger partial charge in [-0.2, -0.15) is 13.2 Å². The summed E-state index contributed by atoms with van der Waals surface area (Å²) in [6.07, 6.45) is -3.28. The highest BCUT2D eigenvalue weighted by molar-refractivity contribution is 5.90. The van der Waals surface area contributed by atoms with Crippen molar-refractivity contribution < 1.29 is 18.0 Å². The minimum atomic E-state index is -4.47. The number of nitrogens with zero attached hydrogens (tertiary/aromatic N) is 6.